The molecule has 0 amide bonds. The van der Waals surface area contributed by atoms with E-state index in [1.807, 2.05) is 0 Å². The van der Waals surface area contributed by atoms with Crippen molar-refractivity contribution >= 4 is 17.0 Å². The summed E-state index contributed by atoms with van der Waals surface area (Å²) in [5, 5.41) is 0. The van der Waals surface area contributed by atoms with Gasteiger partial charge in [-0.15, -0.1) is 0 Å². The average molecular weight is 406 g/mol. The van der Waals surface area contributed by atoms with Gasteiger partial charge in [0.15, 0.2) is 0 Å². The molecule has 0 spiro atoms. The number of halogens is 2. The molecule has 0 saturated heterocycles. The Bertz CT molecular complexity index is 759. The summed E-state index contributed by atoms with van der Waals surface area (Å²) in [6.07, 6.45) is 6.60. The zero-order valence-electron chi connectivity index (χ0n) is 12.3. The van der Waals surface area contributed by atoms with Gasteiger partial charge in [-0.3, -0.25) is 0 Å². The summed E-state index contributed by atoms with van der Waals surface area (Å²) in [7, 11) is 14.3. The molecule has 4 rings (SSSR count). The molecule has 1 unspecified atom stereocenters. The van der Waals surface area contributed by atoms with Crippen LogP contribution in [0, 0.1) is 0 Å². The molecule has 0 aliphatic heterocycles. The third kappa shape index (κ3) is 2.21. The van der Waals surface area contributed by atoms with E-state index in [0.29, 0.717) is 0 Å². The van der Waals surface area contributed by atoms with Crippen LogP contribution < -0.4 is 0 Å². The van der Waals surface area contributed by atoms with Crippen LogP contribution in [-0.2, 0) is 17.9 Å². The first-order valence-corrected chi connectivity index (χ1v) is 16.7. The molecular formula is C19H16Cl2Zr. The van der Waals surface area contributed by atoms with Crippen molar-refractivity contribution in [2.75, 3.05) is 0 Å². The quantitative estimate of drug-likeness (QED) is 0.532. The molecule has 110 valence electrons. The molecule has 0 nitrogen and oxygen atoms in total. The zero-order chi connectivity index (χ0) is 15.3. The van der Waals surface area contributed by atoms with Gasteiger partial charge in [-0.1, -0.05) is 0 Å². The van der Waals surface area contributed by atoms with Crippen molar-refractivity contribution in [2.45, 2.75) is 14.2 Å². The molecule has 0 bridgehead atoms. The number of fused-ring (bicyclic) bond motifs is 3. The van der Waals surface area contributed by atoms with E-state index in [9.17, 15) is 0 Å². The second-order valence-corrected chi connectivity index (χ2v) is 21.0. The minimum absolute atomic E-state index is 0.196. The molecule has 0 aromatic heterocycles. The van der Waals surface area contributed by atoms with Gasteiger partial charge in [0.25, 0.3) is 0 Å². The first-order chi connectivity index (χ1) is 10.6. The van der Waals surface area contributed by atoms with Crippen molar-refractivity contribution in [1.82, 2.24) is 0 Å². The van der Waals surface area contributed by atoms with Crippen LogP contribution in [0.2, 0.25) is 3.63 Å². The molecule has 1 atom stereocenters. The Morgan fingerprint density at radius 1 is 0.864 bits per heavy atom. The van der Waals surface area contributed by atoms with Gasteiger partial charge in [-0.25, -0.2) is 0 Å². The van der Waals surface area contributed by atoms with Crippen molar-refractivity contribution in [1.29, 1.82) is 0 Å². The second-order valence-electron chi connectivity index (χ2n) is 6.08. The second kappa shape index (κ2) is 5.48. The van der Waals surface area contributed by atoms with E-state index in [4.69, 9.17) is 17.0 Å². The molecule has 0 heterocycles. The molecule has 2 aliphatic carbocycles. The van der Waals surface area contributed by atoms with Gasteiger partial charge >= 0.3 is 144 Å². The SMILES string of the molecule is CC1=C[CH]([Zr]([Cl])([Cl])[CH]2c3ccccc3-c3ccccc32)C=C1. The molecule has 0 radical (unpaired) electrons. The van der Waals surface area contributed by atoms with Gasteiger partial charge in [0, 0.05) is 0 Å². The third-order valence-corrected chi connectivity index (χ3v) is 16.7. The normalized spacial score (nSPS) is 20.0. The number of allylic oxidation sites excluding steroid dienone is 4. The van der Waals surface area contributed by atoms with Gasteiger partial charge in [-0.05, 0) is 0 Å². The number of benzene rings is 2. The minimum atomic E-state index is -3.47. The third-order valence-electron chi connectivity index (χ3n) is 4.67. The first-order valence-electron chi connectivity index (χ1n) is 7.51. The summed E-state index contributed by atoms with van der Waals surface area (Å²) >= 11 is -3.47. The summed E-state index contributed by atoms with van der Waals surface area (Å²) in [5.74, 6) is 0. The standard InChI is InChI=1S/C13H9.C6H7.2ClH.Zr/c1-3-7-12-10(5-1)9-11-6-2-4-8-13(11)12;1-6-4-2-3-5-6;;;/h1-9H;2-5H,1H3;2*1H;/q;;;;+2/p-2. The monoisotopic (exact) mass is 404 g/mol. The Kier molecular flexibility index (Phi) is 3.72. The van der Waals surface area contributed by atoms with Crippen molar-refractivity contribution in [2.24, 2.45) is 0 Å². The average Bonchev–Trinajstić information content (AvgIpc) is 3.09. The van der Waals surface area contributed by atoms with Gasteiger partial charge in [0.2, 0.25) is 0 Å². The Morgan fingerprint density at radius 3 is 1.91 bits per heavy atom. The van der Waals surface area contributed by atoms with Gasteiger partial charge in [0.1, 0.15) is 0 Å². The fourth-order valence-corrected chi connectivity index (χ4v) is 14.3. The van der Waals surface area contributed by atoms with Crippen molar-refractivity contribution in [3.8, 4) is 11.1 Å². The van der Waals surface area contributed by atoms with E-state index in [1.165, 1.54) is 27.8 Å². The van der Waals surface area contributed by atoms with E-state index >= 15 is 0 Å². The molecule has 2 aromatic carbocycles. The van der Waals surface area contributed by atoms with E-state index in [1.54, 1.807) is 0 Å². The van der Waals surface area contributed by atoms with Crippen LogP contribution in [0.25, 0.3) is 11.1 Å². The molecular weight excluding hydrogens is 390 g/mol. The fraction of sp³-hybridized carbons (Fsp3) is 0.158. The predicted octanol–water partition coefficient (Wildman–Crippen LogP) is 6.52. The number of rotatable bonds is 2. The van der Waals surface area contributed by atoms with Crippen LogP contribution in [0.5, 0.6) is 0 Å². The zero-order valence-corrected chi connectivity index (χ0v) is 16.2. The maximum atomic E-state index is 7.15. The summed E-state index contributed by atoms with van der Waals surface area (Å²) in [4.78, 5) is 0. The molecule has 2 aliphatic rings. The Labute approximate surface area is 143 Å². The molecule has 0 fully saturated rings. The molecule has 3 heteroatoms. The van der Waals surface area contributed by atoms with Gasteiger partial charge in [-0.2, -0.15) is 0 Å². The summed E-state index contributed by atoms with van der Waals surface area (Å²) in [6, 6.07) is 17.2. The molecule has 0 saturated carbocycles. The van der Waals surface area contributed by atoms with Crippen LogP contribution >= 0.6 is 17.0 Å². The van der Waals surface area contributed by atoms with Crippen LogP contribution in [-0.4, -0.2) is 0 Å². The topological polar surface area (TPSA) is 0 Å². The van der Waals surface area contributed by atoms with E-state index in [0.717, 1.165) is 0 Å². The van der Waals surface area contributed by atoms with Crippen molar-refractivity contribution in [3.05, 3.63) is 83.5 Å². The predicted molar refractivity (Wildman–Crippen MR) is 92.1 cm³/mol. The van der Waals surface area contributed by atoms with E-state index < -0.39 is 17.9 Å². The maximum absolute atomic E-state index is 7.15. The van der Waals surface area contributed by atoms with Gasteiger partial charge < -0.3 is 0 Å². The van der Waals surface area contributed by atoms with E-state index in [2.05, 4.69) is 73.7 Å². The Balaban J connectivity index is 1.90. The first kappa shape index (κ1) is 14.9. The number of hydrogen-bond acceptors (Lipinski definition) is 0. The van der Waals surface area contributed by atoms with Crippen molar-refractivity contribution in [3.63, 3.8) is 0 Å². The van der Waals surface area contributed by atoms with Crippen LogP contribution in [0.3, 0.4) is 0 Å². The molecule has 2 aromatic rings. The van der Waals surface area contributed by atoms with Crippen LogP contribution in [0.15, 0.2) is 72.3 Å². The summed E-state index contributed by atoms with van der Waals surface area (Å²) in [6.45, 7) is 2.11. The van der Waals surface area contributed by atoms with Crippen molar-refractivity contribution < 1.29 is 17.9 Å². The fourth-order valence-electron chi connectivity index (χ4n) is 3.65. The molecule has 22 heavy (non-hydrogen) atoms. The van der Waals surface area contributed by atoms with Crippen LogP contribution in [0.1, 0.15) is 21.7 Å². The molecule has 0 N–H and O–H groups in total. The summed E-state index contributed by atoms with van der Waals surface area (Å²) in [5.41, 5.74) is 6.50. The Morgan fingerprint density at radius 2 is 1.41 bits per heavy atom. The van der Waals surface area contributed by atoms with Crippen LogP contribution in [0.4, 0.5) is 0 Å². The van der Waals surface area contributed by atoms with E-state index in [-0.39, 0.29) is 7.25 Å². The summed E-state index contributed by atoms with van der Waals surface area (Å²) < 4.78 is 0.434. The van der Waals surface area contributed by atoms with Gasteiger partial charge in [0.05, 0.1) is 0 Å². The Hall–Kier alpha value is -0.617. The number of hydrogen-bond donors (Lipinski definition) is 0.